The average Bonchev–Trinajstić information content (AvgIpc) is 2.67. The van der Waals surface area contributed by atoms with E-state index in [1.54, 1.807) is 16.8 Å². The van der Waals surface area contributed by atoms with E-state index in [2.05, 4.69) is 17.3 Å². The Morgan fingerprint density at radius 2 is 2.10 bits per heavy atom. The van der Waals surface area contributed by atoms with Gasteiger partial charge in [0.05, 0.1) is 10.7 Å². The third kappa shape index (κ3) is 3.27. The van der Waals surface area contributed by atoms with Crippen molar-refractivity contribution >= 4 is 11.6 Å². The van der Waals surface area contributed by atoms with Gasteiger partial charge in [-0.05, 0) is 57.5 Å². The topological polar surface area (TPSA) is 29.9 Å². The molecule has 0 spiro atoms. The molecule has 1 unspecified atom stereocenters. The molecule has 3 nitrogen and oxygen atoms in total. The smallest absolute Gasteiger partial charge is 0.150 e. The zero-order valence-electron chi connectivity index (χ0n) is 12.9. The first-order valence-electron chi connectivity index (χ1n) is 7.09. The van der Waals surface area contributed by atoms with Crippen molar-refractivity contribution in [1.82, 2.24) is 15.1 Å². The molecule has 2 aromatic rings. The normalized spacial score (nSPS) is 12.7. The van der Waals surface area contributed by atoms with Crippen molar-refractivity contribution in [3.63, 3.8) is 0 Å². The van der Waals surface area contributed by atoms with Crippen LogP contribution in [0.1, 0.15) is 23.9 Å². The van der Waals surface area contributed by atoms with Crippen LogP contribution in [-0.2, 0) is 6.42 Å². The number of nitrogens with one attached hydrogen (secondary N) is 1. The second kappa shape index (κ2) is 6.58. The number of nitrogens with zero attached hydrogens (tertiary/aromatic N) is 2. The van der Waals surface area contributed by atoms with E-state index >= 15 is 0 Å². The number of aryl methyl sites for hydroxylation is 1. The summed E-state index contributed by atoms with van der Waals surface area (Å²) in [5.41, 5.74) is 3.36. The van der Waals surface area contributed by atoms with Gasteiger partial charge in [0.25, 0.3) is 0 Å². The van der Waals surface area contributed by atoms with Gasteiger partial charge in [0.1, 0.15) is 11.5 Å². The zero-order chi connectivity index (χ0) is 15.6. The minimum atomic E-state index is -0.358. The molecule has 1 heterocycles. The van der Waals surface area contributed by atoms with Crippen molar-refractivity contribution < 1.29 is 4.39 Å². The highest BCUT2D eigenvalue weighted by atomic mass is 35.5. The molecule has 0 aliphatic heterocycles. The van der Waals surface area contributed by atoms with Crippen LogP contribution in [0.2, 0.25) is 5.02 Å². The van der Waals surface area contributed by atoms with E-state index in [9.17, 15) is 4.39 Å². The van der Waals surface area contributed by atoms with E-state index < -0.39 is 0 Å². The summed E-state index contributed by atoms with van der Waals surface area (Å²) in [6.45, 7) is 7.04. The van der Waals surface area contributed by atoms with Gasteiger partial charge in [0, 0.05) is 5.69 Å². The fourth-order valence-corrected chi connectivity index (χ4v) is 2.89. The molecule has 1 atom stereocenters. The summed E-state index contributed by atoms with van der Waals surface area (Å²) < 4.78 is 15.7. The summed E-state index contributed by atoms with van der Waals surface area (Å²) in [6.07, 6.45) is 0.907. The lowest BCUT2D eigenvalue weighted by molar-refractivity contribution is 0.539. The Labute approximate surface area is 130 Å². The highest BCUT2D eigenvalue weighted by Crippen LogP contribution is 2.27. The summed E-state index contributed by atoms with van der Waals surface area (Å²) in [4.78, 5) is 0. The van der Waals surface area contributed by atoms with E-state index in [1.807, 2.05) is 20.9 Å². The number of aromatic nitrogens is 2. The van der Waals surface area contributed by atoms with Gasteiger partial charge in [0.2, 0.25) is 0 Å². The van der Waals surface area contributed by atoms with Crippen LogP contribution in [0.25, 0.3) is 5.69 Å². The second-order valence-corrected chi connectivity index (χ2v) is 5.91. The van der Waals surface area contributed by atoms with Gasteiger partial charge in [-0.2, -0.15) is 5.10 Å². The summed E-state index contributed by atoms with van der Waals surface area (Å²) >= 11 is 6.14. The van der Waals surface area contributed by atoms with Crippen molar-refractivity contribution in [2.45, 2.75) is 27.2 Å². The third-order valence-corrected chi connectivity index (χ3v) is 4.00. The van der Waals surface area contributed by atoms with Crippen molar-refractivity contribution in [2.24, 2.45) is 5.92 Å². The lowest BCUT2D eigenvalue weighted by Gasteiger charge is -2.12. The standard InChI is InChI=1S/C16H21ClFN3/c1-10(9-19-4)8-13-11(2)20-21(12(13)3)16-14(17)6-5-7-15(16)18/h5-7,10,19H,8-9H2,1-4H3. The largest absolute Gasteiger partial charge is 0.319 e. The van der Waals surface area contributed by atoms with Crippen LogP contribution in [0, 0.1) is 25.6 Å². The Bertz CT molecular complexity index is 616. The molecule has 5 heteroatoms. The van der Waals surface area contributed by atoms with Gasteiger partial charge in [-0.15, -0.1) is 0 Å². The Balaban J connectivity index is 2.44. The zero-order valence-corrected chi connectivity index (χ0v) is 13.6. The van der Waals surface area contributed by atoms with E-state index in [0.29, 0.717) is 16.6 Å². The predicted octanol–water partition coefficient (Wildman–Crippen LogP) is 3.68. The number of para-hydroxylation sites is 1. The SMILES string of the molecule is CNCC(C)Cc1c(C)nn(-c2c(F)cccc2Cl)c1C. The van der Waals surface area contributed by atoms with E-state index in [-0.39, 0.29) is 5.82 Å². The minimum absolute atomic E-state index is 0.326. The van der Waals surface area contributed by atoms with E-state index in [0.717, 1.165) is 29.9 Å². The molecular weight excluding hydrogens is 289 g/mol. The van der Waals surface area contributed by atoms with Gasteiger partial charge in [-0.1, -0.05) is 24.6 Å². The maximum absolute atomic E-state index is 14.1. The van der Waals surface area contributed by atoms with Crippen molar-refractivity contribution in [3.8, 4) is 5.69 Å². The molecule has 1 aromatic carbocycles. The molecule has 21 heavy (non-hydrogen) atoms. The summed E-state index contributed by atoms with van der Waals surface area (Å²) in [5, 5.41) is 8.03. The Morgan fingerprint density at radius 3 is 2.71 bits per heavy atom. The molecule has 0 saturated carbocycles. The van der Waals surface area contributed by atoms with Crippen molar-refractivity contribution in [1.29, 1.82) is 0 Å². The fraction of sp³-hybridized carbons (Fsp3) is 0.438. The molecule has 2 rings (SSSR count). The molecule has 0 radical (unpaired) electrons. The van der Waals surface area contributed by atoms with Crippen LogP contribution in [0.15, 0.2) is 18.2 Å². The molecular formula is C16H21ClFN3. The number of benzene rings is 1. The first kappa shape index (κ1) is 16.0. The molecule has 114 valence electrons. The maximum Gasteiger partial charge on any atom is 0.150 e. The molecule has 0 saturated heterocycles. The Kier molecular flexibility index (Phi) is 5.01. The second-order valence-electron chi connectivity index (χ2n) is 5.50. The van der Waals surface area contributed by atoms with Crippen LogP contribution < -0.4 is 5.32 Å². The minimum Gasteiger partial charge on any atom is -0.319 e. The fourth-order valence-electron chi connectivity index (χ4n) is 2.65. The molecule has 0 amide bonds. The van der Waals surface area contributed by atoms with Crippen molar-refractivity contribution in [2.75, 3.05) is 13.6 Å². The van der Waals surface area contributed by atoms with Crippen molar-refractivity contribution in [3.05, 3.63) is 46.0 Å². The summed E-state index contributed by atoms with van der Waals surface area (Å²) in [7, 11) is 1.94. The first-order valence-corrected chi connectivity index (χ1v) is 7.47. The van der Waals surface area contributed by atoms with Gasteiger partial charge in [0.15, 0.2) is 0 Å². The van der Waals surface area contributed by atoms with Crippen LogP contribution >= 0.6 is 11.6 Å². The van der Waals surface area contributed by atoms with E-state index in [4.69, 9.17) is 11.6 Å². The lowest BCUT2D eigenvalue weighted by Crippen LogP contribution is -2.18. The van der Waals surface area contributed by atoms with Gasteiger partial charge in [-0.3, -0.25) is 0 Å². The molecule has 1 aromatic heterocycles. The number of hydrogen-bond acceptors (Lipinski definition) is 2. The molecule has 0 aliphatic rings. The maximum atomic E-state index is 14.1. The highest BCUT2D eigenvalue weighted by molar-refractivity contribution is 6.32. The van der Waals surface area contributed by atoms with Crippen LogP contribution in [0.3, 0.4) is 0 Å². The predicted molar refractivity (Wildman–Crippen MR) is 84.8 cm³/mol. The van der Waals surface area contributed by atoms with Gasteiger partial charge < -0.3 is 5.32 Å². The average molecular weight is 310 g/mol. The Hall–Kier alpha value is -1.39. The monoisotopic (exact) mass is 309 g/mol. The third-order valence-electron chi connectivity index (χ3n) is 3.70. The lowest BCUT2D eigenvalue weighted by atomic mass is 9.99. The first-order chi connectivity index (χ1) is 9.95. The quantitative estimate of drug-likeness (QED) is 0.913. The van der Waals surface area contributed by atoms with Crippen LogP contribution in [-0.4, -0.2) is 23.4 Å². The molecule has 0 fully saturated rings. The molecule has 1 N–H and O–H groups in total. The molecule has 0 aliphatic carbocycles. The number of hydrogen-bond donors (Lipinski definition) is 1. The molecule has 0 bridgehead atoms. The highest BCUT2D eigenvalue weighted by Gasteiger charge is 2.18. The number of halogens is 2. The Morgan fingerprint density at radius 1 is 1.38 bits per heavy atom. The van der Waals surface area contributed by atoms with Crippen LogP contribution in [0.5, 0.6) is 0 Å². The van der Waals surface area contributed by atoms with E-state index in [1.165, 1.54) is 6.07 Å². The van der Waals surface area contributed by atoms with Gasteiger partial charge >= 0.3 is 0 Å². The summed E-state index contributed by atoms with van der Waals surface area (Å²) in [6, 6.07) is 4.68. The van der Waals surface area contributed by atoms with Gasteiger partial charge in [-0.25, -0.2) is 9.07 Å². The number of rotatable bonds is 5. The van der Waals surface area contributed by atoms with Crippen LogP contribution in [0.4, 0.5) is 4.39 Å². The summed E-state index contributed by atoms with van der Waals surface area (Å²) in [5.74, 6) is 0.129.